The summed E-state index contributed by atoms with van der Waals surface area (Å²) in [6.45, 7) is 3.25. The average Bonchev–Trinajstić information content (AvgIpc) is 3.30. The first-order valence-electron chi connectivity index (χ1n) is 13.9. The Morgan fingerprint density at radius 1 is 1.35 bits per heavy atom. The third kappa shape index (κ3) is 5.46. The van der Waals surface area contributed by atoms with Crippen LogP contribution in [-0.2, 0) is 6.61 Å². The molecule has 0 aliphatic heterocycles. The Kier molecular flexibility index (Phi) is 4.16. The van der Waals surface area contributed by atoms with E-state index in [9.17, 15) is 5.11 Å². The minimum atomic E-state index is -3.33. The molecule has 4 rings (SSSR count). The van der Waals surface area contributed by atoms with Crippen molar-refractivity contribution in [3.8, 4) is 23.3 Å². The van der Waals surface area contributed by atoms with Crippen LogP contribution < -0.4 is 4.74 Å². The molecule has 0 saturated heterocycles. The van der Waals surface area contributed by atoms with Crippen LogP contribution in [0.25, 0.3) is 5.69 Å². The fourth-order valence-corrected chi connectivity index (χ4v) is 3.52. The molecule has 1 atom stereocenters. The number of hydrogen-bond acceptors (Lipinski definition) is 6. The first kappa shape index (κ1) is 12.9. The number of ether oxygens (including phenoxy) is 1. The molecule has 160 valence electrons. The van der Waals surface area contributed by atoms with Crippen molar-refractivity contribution < 1.29 is 22.2 Å². The Morgan fingerprint density at radius 3 is 2.90 bits per heavy atom. The van der Waals surface area contributed by atoms with Gasteiger partial charge in [-0.2, -0.15) is 0 Å². The fraction of sp³-hybridized carbons (Fsp3) is 0.375. The van der Waals surface area contributed by atoms with E-state index in [-0.39, 0.29) is 29.3 Å². The summed E-state index contributed by atoms with van der Waals surface area (Å²) in [6, 6.07) is 8.42. The topological polar surface area (TPSA) is 73.1 Å². The summed E-state index contributed by atoms with van der Waals surface area (Å²) >= 11 is 0.255. The zero-order chi connectivity index (χ0) is 29.7. The second kappa shape index (κ2) is 9.99. The van der Waals surface area contributed by atoms with Crippen LogP contribution in [0.5, 0.6) is 5.75 Å². The van der Waals surface area contributed by atoms with E-state index < -0.39 is 36.8 Å². The fourth-order valence-electron chi connectivity index (χ4n) is 2.75. The normalized spacial score (nSPS) is 26.6. The molecule has 2 heterocycles. The number of aliphatic hydroxyl groups is 1. The Hall–Kier alpha value is -2.82. The van der Waals surface area contributed by atoms with Gasteiger partial charge in [-0.1, -0.05) is 36.3 Å². The van der Waals surface area contributed by atoms with E-state index in [4.69, 9.17) is 17.1 Å². The van der Waals surface area contributed by atoms with Crippen LogP contribution in [0.1, 0.15) is 61.7 Å². The van der Waals surface area contributed by atoms with Gasteiger partial charge >= 0.3 is 0 Å². The van der Waals surface area contributed by atoms with Crippen LogP contribution in [-0.4, -0.2) is 36.2 Å². The molecule has 6 nitrogen and oxygen atoms in total. The zero-order valence-electron chi connectivity index (χ0n) is 25.9. The predicted octanol–water partition coefficient (Wildman–Crippen LogP) is 4.32. The monoisotopic (exact) mass is 443 g/mol. The minimum Gasteiger partial charge on any atom is -0.486 e. The van der Waals surface area contributed by atoms with Crippen LogP contribution in [0.15, 0.2) is 47.9 Å². The van der Waals surface area contributed by atoms with Gasteiger partial charge in [0, 0.05) is 29.3 Å². The lowest BCUT2D eigenvalue weighted by Crippen LogP contribution is -2.08. The number of nitrogens with zero attached hydrogens (tertiary/aromatic N) is 4. The quantitative estimate of drug-likeness (QED) is 0.572. The molecule has 0 amide bonds. The lowest BCUT2D eigenvalue weighted by molar-refractivity contribution is 0.253. The number of benzene rings is 1. The molecule has 31 heavy (non-hydrogen) atoms. The van der Waals surface area contributed by atoms with Crippen molar-refractivity contribution in [2.45, 2.75) is 62.4 Å². The highest BCUT2D eigenvalue weighted by Gasteiger charge is 2.22. The number of hydrogen-bond donors (Lipinski definition) is 1. The molecule has 3 aromatic rings. The molecule has 0 bridgehead atoms. The largest absolute Gasteiger partial charge is 0.486 e. The van der Waals surface area contributed by atoms with E-state index in [1.54, 1.807) is 37.3 Å². The van der Waals surface area contributed by atoms with E-state index in [1.165, 1.54) is 17.0 Å². The summed E-state index contributed by atoms with van der Waals surface area (Å²) < 4.78 is 81.9. The van der Waals surface area contributed by atoms with Crippen molar-refractivity contribution in [3.63, 3.8) is 0 Å². The maximum Gasteiger partial charge on any atom is 0.196 e. The van der Waals surface area contributed by atoms with E-state index in [2.05, 4.69) is 27.0 Å². The molecule has 2 aromatic heterocycles. The van der Waals surface area contributed by atoms with Crippen LogP contribution in [0.4, 0.5) is 0 Å². The van der Waals surface area contributed by atoms with Crippen molar-refractivity contribution >= 4 is 11.8 Å². The molecular formula is C24H26N4O2S. The van der Waals surface area contributed by atoms with Crippen LogP contribution >= 0.6 is 11.8 Å². The molecular weight excluding hydrogens is 408 g/mol. The Labute approximate surface area is 199 Å². The minimum absolute atomic E-state index is 0.146. The molecule has 1 aliphatic rings. The van der Waals surface area contributed by atoms with E-state index in [1.807, 2.05) is 6.92 Å². The highest BCUT2D eigenvalue weighted by atomic mass is 32.2. The van der Waals surface area contributed by atoms with Crippen molar-refractivity contribution in [3.05, 3.63) is 59.7 Å². The number of aromatic nitrogens is 4. The lowest BCUT2D eigenvalue weighted by Gasteiger charge is -2.13. The summed E-state index contributed by atoms with van der Waals surface area (Å²) in [4.78, 5) is 4.07. The van der Waals surface area contributed by atoms with Crippen molar-refractivity contribution in [2.75, 3.05) is 0 Å². The second-order valence-corrected chi connectivity index (χ2v) is 7.56. The number of pyridine rings is 1. The molecule has 1 aliphatic carbocycles. The van der Waals surface area contributed by atoms with E-state index in [0.29, 0.717) is 17.0 Å². The van der Waals surface area contributed by atoms with Gasteiger partial charge in [0.05, 0.1) is 11.9 Å². The summed E-state index contributed by atoms with van der Waals surface area (Å²) in [5.41, 5.74) is 1.91. The molecule has 1 saturated carbocycles. The van der Waals surface area contributed by atoms with Crippen LogP contribution in [0.3, 0.4) is 0 Å². The van der Waals surface area contributed by atoms with Gasteiger partial charge in [-0.05, 0) is 62.5 Å². The number of thioether (sulfide) groups is 1. The Morgan fingerprint density at radius 2 is 2.19 bits per heavy atom. The maximum atomic E-state index is 9.40. The molecule has 1 fully saturated rings. The first-order valence-corrected chi connectivity index (χ1v) is 10.3. The molecule has 0 spiro atoms. The maximum absolute atomic E-state index is 9.40. The van der Waals surface area contributed by atoms with Crippen LogP contribution in [0, 0.1) is 18.8 Å². The highest BCUT2D eigenvalue weighted by Crippen LogP contribution is 2.35. The van der Waals surface area contributed by atoms with Crippen molar-refractivity contribution in [2.24, 2.45) is 0 Å². The average molecular weight is 444 g/mol. The first-order chi connectivity index (χ1) is 18.5. The molecule has 7 heteroatoms. The molecule has 1 N–H and O–H groups in total. The molecule has 0 radical (unpaired) electrons. The summed E-state index contributed by atoms with van der Waals surface area (Å²) in [5, 5.41) is 14.4. The Bertz CT molecular complexity index is 1440. The van der Waals surface area contributed by atoms with E-state index >= 15 is 0 Å². The third-order valence-electron chi connectivity index (χ3n) is 4.19. The number of rotatable bonds is 6. The molecule has 1 unspecified atom stereocenters. The van der Waals surface area contributed by atoms with Crippen molar-refractivity contribution in [1.82, 2.24) is 19.7 Å². The standard InChI is InChI=1S/C24H26N4O2S/c1-17-14-21(12-11-19(17)10-9-18(2)29)30-16-23-26-27-24(31-22-7-3-4-8-22)28(23)20-6-5-13-25-15-20/h5-6,11-15,18,22,29H,3-4,7-8,16H2,1-2H3/i3D2,4D2,7D2,8D2,22D. The third-order valence-corrected chi connectivity index (χ3v) is 5.05. The van der Waals surface area contributed by atoms with Gasteiger partial charge < -0.3 is 9.84 Å². The highest BCUT2D eigenvalue weighted by molar-refractivity contribution is 7.99. The summed E-state index contributed by atoms with van der Waals surface area (Å²) in [5.74, 6) is 6.23. The lowest BCUT2D eigenvalue weighted by atomic mass is 10.1. The smallest absolute Gasteiger partial charge is 0.196 e. The van der Waals surface area contributed by atoms with Gasteiger partial charge in [-0.3, -0.25) is 9.55 Å². The van der Waals surface area contributed by atoms with Gasteiger partial charge in [0.25, 0.3) is 0 Å². The van der Waals surface area contributed by atoms with Crippen molar-refractivity contribution in [1.29, 1.82) is 0 Å². The number of aryl methyl sites for hydroxylation is 1. The Balaban J connectivity index is 1.71. The van der Waals surface area contributed by atoms with Gasteiger partial charge in [-0.25, -0.2) is 0 Å². The van der Waals surface area contributed by atoms with E-state index in [0.717, 1.165) is 5.56 Å². The van der Waals surface area contributed by atoms with Crippen LogP contribution in [0.2, 0.25) is 0 Å². The van der Waals surface area contributed by atoms with Gasteiger partial charge in [0.1, 0.15) is 18.5 Å². The number of aliphatic hydroxyl groups excluding tert-OH is 1. The second-order valence-electron chi connectivity index (χ2n) is 6.59. The predicted molar refractivity (Wildman–Crippen MR) is 121 cm³/mol. The molecule has 1 aromatic carbocycles. The summed E-state index contributed by atoms with van der Waals surface area (Å²) in [7, 11) is 0. The SMILES string of the molecule is [2H]C1([2H])C([2H])([2H])C([2H])([2H])C([2H])(Sc2nnc(COc3ccc(C#CC(C)O)c(C)c3)n2-c2cccnc2)C1([2H])[2H]. The van der Waals surface area contributed by atoms with Gasteiger partial charge in [0.2, 0.25) is 0 Å². The summed E-state index contributed by atoms with van der Waals surface area (Å²) in [6.07, 6.45) is -11.0. The zero-order valence-corrected chi connectivity index (χ0v) is 17.7. The van der Waals surface area contributed by atoms with Gasteiger partial charge in [-0.15, -0.1) is 10.2 Å². The van der Waals surface area contributed by atoms with Gasteiger partial charge in [0.15, 0.2) is 11.0 Å².